The average molecular weight is 465 g/mol. The SMILES string of the molecule is CCc1cc2c(cc1SC(CC(CC)CCS(=O)O)=NC1C(C)=NCN=C1N)OCC2. The van der Waals surface area contributed by atoms with E-state index in [4.69, 9.17) is 15.5 Å². The maximum atomic E-state index is 11.2. The Labute approximate surface area is 191 Å². The van der Waals surface area contributed by atoms with Crippen molar-refractivity contribution in [1.29, 1.82) is 0 Å². The van der Waals surface area contributed by atoms with E-state index in [0.29, 0.717) is 18.9 Å². The van der Waals surface area contributed by atoms with Crippen LogP contribution >= 0.6 is 11.8 Å². The quantitative estimate of drug-likeness (QED) is 0.250. The van der Waals surface area contributed by atoms with E-state index in [2.05, 4.69) is 36.0 Å². The van der Waals surface area contributed by atoms with E-state index in [-0.39, 0.29) is 17.7 Å². The molecule has 0 fully saturated rings. The second-order valence-electron chi connectivity index (χ2n) is 7.86. The van der Waals surface area contributed by atoms with Gasteiger partial charge in [0.05, 0.1) is 11.7 Å². The van der Waals surface area contributed by atoms with Crippen molar-refractivity contribution < 1.29 is 13.5 Å². The lowest BCUT2D eigenvalue weighted by Gasteiger charge is -2.21. The predicted molar refractivity (Wildman–Crippen MR) is 130 cm³/mol. The van der Waals surface area contributed by atoms with E-state index < -0.39 is 11.1 Å². The minimum absolute atomic E-state index is 0.261. The maximum absolute atomic E-state index is 11.2. The Balaban J connectivity index is 1.91. The van der Waals surface area contributed by atoms with Gasteiger partial charge in [0.15, 0.2) is 11.1 Å². The van der Waals surface area contributed by atoms with Crippen LogP contribution in [0.4, 0.5) is 0 Å². The zero-order valence-corrected chi connectivity index (χ0v) is 20.1. The molecular weight excluding hydrogens is 432 g/mol. The first-order valence-electron chi connectivity index (χ1n) is 10.8. The summed E-state index contributed by atoms with van der Waals surface area (Å²) >= 11 is -0.137. The molecule has 2 heterocycles. The number of hydrogen-bond donors (Lipinski definition) is 2. The van der Waals surface area contributed by atoms with Gasteiger partial charge in [0, 0.05) is 22.8 Å². The van der Waals surface area contributed by atoms with Gasteiger partial charge in [0.2, 0.25) is 0 Å². The highest BCUT2D eigenvalue weighted by molar-refractivity contribution is 8.14. The Bertz CT molecular complexity index is 896. The number of rotatable bonds is 9. The van der Waals surface area contributed by atoms with Crippen LogP contribution in [0.25, 0.3) is 0 Å². The van der Waals surface area contributed by atoms with Gasteiger partial charge in [-0.3, -0.25) is 9.98 Å². The molecule has 3 unspecified atom stereocenters. The third-order valence-electron chi connectivity index (χ3n) is 5.74. The maximum Gasteiger partial charge on any atom is 0.152 e. The predicted octanol–water partition coefficient (Wildman–Crippen LogP) is 3.86. The lowest BCUT2D eigenvalue weighted by atomic mass is 10.00. The number of benzene rings is 1. The number of ether oxygens (including phenoxy) is 1. The summed E-state index contributed by atoms with van der Waals surface area (Å²) < 4.78 is 26.2. The lowest BCUT2D eigenvalue weighted by molar-refractivity contribution is 0.356. The van der Waals surface area contributed by atoms with Crippen molar-refractivity contribution in [1.82, 2.24) is 0 Å². The van der Waals surface area contributed by atoms with Gasteiger partial charge < -0.3 is 15.0 Å². The third kappa shape index (κ3) is 6.40. The van der Waals surface area contributed by atoms with Gasteiger partial charge >= 0.3 is 0 Å². The molecule has 1 aromatic carbocycles. The Morgan fingerprint density at radius 3 is 2.90 bits per heavy atom. The molecule has 3 N–H and O–H groups in total. The zero-order valence-electron chi connectivity index (χ0n) is 18.5. The first-order chi connectivity index (χ1) is 14.9. The normalized spacial score (nSPS) is 20.5. The number of fused-ring (bicyclic) bond motifs is 1. The Morgan fingerprint density at radius 2 is 2.23 bits per heavy atom. The second kappa shape index (κ2) is 11.2. The molecule has 2 aliphatic rings. The van der Waals surface area contributed by atoms with Gasteiger partial charge in [-0.25, -0.2) is 9.20 Å². The van der Waals surface area contributed by atoms with Crippen LogP contribution in [-0.4, -0.2) is 50.4 Å². The van der Waals surface area contributed by atoms with Gasteiger partial charge in [-0.15, -0.1) is 0 Å². The first kappa shape index (κ1) is 23.9. The average Bonchev–Trinajstić information content (AvgIpc) is 3.20. The summed E-state index contributed by atoms with van der Waals surface area (Å²) in [5.41, 5.74) is 9.57. The van der Waals surface area contributed by atoms with Crippen LogP contribution in [-0.2, 0) is 23.9 Å². The number of nitrogens with two attached hydrogens (primary N) is 1. The molecule has 9 heteroatoms. The second-order valence-corrected chi connectivity index (χ2v) is 10.0. The Hall–Kier alpha value is -1.71. The van der Waals surface area contributed by atoms with Crippen molar-refractivity contribution in [2.75, 3.05) is 19.0 Å². The van der Waals surface area contributed by atoms with E-state index in [9.17, 15) is 8.76 Å². The van der Waals surface area contributed by atoms with Gasteiger partial charge in [-0.05, 0) is 49.3 Å². The largest absolute Gasteiger partial charge is 0.493 e. The van der Waals surface area contributed by atoms with E-state index in [1.54, 1.807) is 11.8 Å². The fourth-order valence-corrected chi connectivity index (χ4v) is 5.53. The van der Waals surface area contributed by atoms with Crippen molar-refractivity contribution in [3.63, 3.8) is 0 Å². The molecule has 0 radical (unpaired) electrons. The molecular formula is C22H32N4O3S2. The van der Waals surface area contributed by atoms with Gasteiger partial charge in [-0.2, -0.15) is 0 Å². The molecule has 0 saturated heterocycles. The molecule has 2 aliphatic heterocycles. The van der Waals surface area contributed by atoms with E-state index >= 15 is 0 Å². The summed E-state index contributed by atoms with van der Waals surface area (Å²) in [5.74, 6) is 1.98. The van der Waals surface area contributed by atoms with Crippen LogP contribution in [0.1, 0.15) is 51.2 Å². The summed E-state index contributed by atoms with van der Waals surface area (Å²) in [6, 6.07) is 4.03. The molecule has 0 aliphatic carbocycles. The Morgan fingerprint density at radius 1 is 1.42 bits per heavy atom. The number of aryl methyl sites for hydroxylation is 1. The fourth-order valence-electron chi connectivity index (χ4n) is 3.76. The summed E-state index contributed by atoms with van der Waals surface area (Å²) in [7, 11) is 0. The van der Waals surface area contributed by atoms with Crippen molar-refractivity contribution in [3.05, 3.63) is 23.3 Å². The summed E-state index contributed by atoms with van der Waals surface area (Å²) in [6.07, 6.45) is 4.18. The van der Waals surface area contributed by atoms with Crippen LogP contribution in [0.5, 0.6) is 5.75 Å². The molecule has 3 rings (SSSR count). The topological polar surface area (TPSA) is 110 Å². The summed E-state index contributed by atoms with van der Waals surface area (Å²) in [4.78, 5) is 14.8. The van der Waals surface area contributed by atoms with Crippen LogP contribution in [0.2, 0.25) is 0 Å². The first-order valence-corrected chi connectivity index (χ1v) is 12.9. The molecule has 3 atom stereocenters. The van der Waals surface area contributed by atoms with Crippen molar-refractivity contribution in [2.24, 2.45) is 26.6 Å². The van der Waals surface area contributed by atoms with Gasteiger partial charge in [0.25, 0.3) is 0 Å². The standard InChI is InChI=1S/C22H32N4O3S2/c1-4-15(7-9-31(27)28)10-20(26-21-14(3)24-13-25-22(21)23)30-19-12-18-17(6-8-29-18)11-16(19)5-2/h11-12,15,21H,4-10,13H2,1-3H3,(H2,23,25)(H,27,28). The minimum Gasteiger partial charge on any atom is -0.493 e. The van der Waals surface area contributed by atoms with E-state index in [0.717, 1.165) is 53.7 Å². The molecule has 31 heavy (non-hydrogen) atoms. The van der Waals surface area contributed by atoms with Crippen molar-refractivity contribution in [2.45, 2.75) is 63.8 Å². The van der Waals surface area contributed by atoms with Gasteiger partial charge in [-0.1, -0.05) is 38.1 Å². The molecule has 7 nitrogen and oxygen atoms in total. The van der Waals surface area contributed by atoms with Crippen LogP contribution < -0.4 is 10.5 Å². The monoisotopic (exact) mass is 464 g/mol. The van der Waals surface area contributed by atoms with Crippen molar-refractivity contribution >= 4 is 39.4 Å². The number of aliphatic imine (C=N–C) groups is 3. The molecule has 0 spiro atoms. The fraction of sp³-hybridized carbons (Fsp3) is 0.591. The highest BCUT2D eigenvalue weighted by Crippen LogP contribution is 2.36. The van der Waals surface area contributed by atoms with Crippen LogP contribution in [0.3, 0.4) is 0 Å². The number of thioether (sulfide) groups is 1. The lowest BCUT2D eigenvalue weighted by Crippen LogP contribution is -2.36. The number of nitrogens with zero attached hydrogens (tertiary/aromatic N) is 3. The number of amidine groups is 1. The minimum atomic E-state index is -1.78. The summed E-state index contributed by atoms with van der Waals surface area (Å²) in [5, 5.41) is 0.947. The van der Waals surface area contributed by atoms with Crippen molar-refractivity contribution in [3.8, 4) is 5.75 Å². The molecule has 0 aromatic heterocycles. The molecule has 0 amide bonds. The highest BCUT2D eigenvalue weighted by atomic mass is 32.2. The zero-order chi connectivity index (χ0) is 22.4. The summed E-state index contributed by atoms with van der Waals surface area (Å²) in [6.45, 7) is 7.29. The third-order valence-corrected chi connectivity index (χ3v) is 7.44. The van der Waals surface area contributed by atoms with E-state index in [1.165, 1.54) is 11.1 Å². The smallest absolute Gasteiger partial charge is 0.152 e. The number of hydrogen-bond acceptors (Lipinski definition) is 7. The molecule has 0 bridgehead atoms. The molecule has 170 valence electrons. The van der Waals surface area contributed by atoms with Gasteiger partial charge in [0.1, 0.15) is 24.3 Å². The van der Waals surface area contributed by atoms with Crippen LogP contribution in [0.15, 0.2) is 32.0 Å². The van der Waals surface area contributed by atoms with Crippen LogP contribution in [0, 0.1) is 5.92 Å². The van der Waals surface area contributed by atoms with E-state index in [1.807, 2.05) is 6.92 Å². The Kier molecular flexibility index (Phi) is 8.68. The molecule has 1 aromatic rings. The molecule has 0 saturated carbocycles. The highest BCUT2D eigenvalue weighted by Gasteiger charge is 2.23.